The van der Waals surface area contributed by atoms with Gasteiger partial charge in [-0.05, 0) is 0 Å². The van der Waals surface area contributed by atoms with E-state index in [-0.39, 0.29) is 0 Å². The first-order valence-electron chi connectivity index (χ1n) is 6.12. The van der Waals surface area contributed by atoms with Crippen LogP contribution < -0.4 is 10.6 Å². The van der Waals surface area contributed by atoms with Gasteiger partial charge in [-0.2, -0.15) is 5.10 Å². The van der Waals surface area contributed by atoms with E-state index in [4.69, 9.17) is 0 Å². The molecule has 18 heavy (non-hydrogen) atoms. The van der Waals surface area contributed by atoms with Gasteiger partial charge in [-0.15, -0.1) is 10.2 Å². The highest BCUT2D eigenvalue weighted by molar-refractivity contribution is 5.35. The summed E-state index contributed by atoms with van der Waals surface area (Å²) >= 11 is 0. The summed E-state index contributed by atoms with van der Waals surface area (Å²) in [6, 6.07) is 2.00. The third-order valence-electron chi connectivity index (χ3n) is 3.24. The highest BCUT2D eigenvalue weighted by Gasteiger charge is 2.17. The fourth-order valence-electron chi connectivity index (χ4n) is 2.18. The van der Waals surface area contributed by atoms with Crippen molar-refractivity contribution in [2.24, 2.45) is 13.0 Å². The van der Waals surface area contributed by atoms with Crippen LogP contribution in [0.15, 0.2) is 18.6 Å². The highest BCUT2D eigenvalue weighted by atomic mass is 15.3. The van der Waals surface area contributed by atoms with Gasteiger partial charge in [0.1, 0.15) is 18.0 Å². The van der Waals surface area contributed by atoms with Crippen molar-refractivity contribution in [3.8, 4) is 0 Å². The molecule has 96 valence electrons. The Morgan fingerprint density at radius 2 is 2.50 bits per heavy atom. The molecule has 2 N–H and O–H groups in total. The number of nitrogens with one attached hydrogen (secondary N) is 2. The Morgan fingerprint density at radius 3 is 3.33 bits per heavy atom. The van der Waals surface area contributed by atoms with Gasteiger partial charge in [-0.3, -0.25) is 0 Å². The van der Waals surface area contributed by atoms with Crippen molar-refractivity contribution in [1.82, 2.24) is 29.9 Å². The number of hydrogen-bond donors (Lipinski definition) is 2. The SMILES string of the molecule is Cn1cnnc1CNC[C@@H]1CNc2ccnn2C1. The minimum Gasteiger partial charge on any atom is -0.370 e. The van der Waals surface area contributed by atoms with E-state index in [2.05, 4.69) is 25.9 Å². The molecule has 0 spiro atoms. The van der Waals surface area contributed by atoms with Crippen molar-refractivity contribution in [2.45, 2.75) is 13.1 Å². The zero-order chi connectivity index (χ0) is 12.4. The van der Waals surface area contributed by atoms with E-state index in [1.165, 1.54) is 0 Å². The summed E-state index contributed by atoms with van der Waals surface area (Å²) in [6.07, 6.45) is 3.55. The molecule has 0 saturated carbocycles. The summed E-state index contributed by atoms with van der Waals surface area (Å²) in [7, 11) is 1.95. The summed E-state index contributed by atoms with van der Waals surface area (Å²) in [4.78, 5) is 0. The predicted molar refractivity (Wildman–Crippen MR) is 66.9 cm³/mol. The van der Waals surface area contributed by atoms with Gasteiger partial charge < -0.3 is 15.2 Å². The highest BCUT2D eigenvalue weighted by Crippen LogP contribution is 2.15. The topological polar surface area (TPSA) is 72.6 Å². The number of aromatic nitrogens is 5. The smallest absolute Gasteiger partial charge is 0.146 e. The first kappa shape index (κ1) is 11.2. The molecule has 3 rings (SSSR count). The van der Waals surface area contributed by atoms with Crippen molar-refractivity contribution in [2.75, 3.05) is 18.4 Å². The molecular formula is C11H17N7. The van der Waals surface area contributed by atoms with Gasteiger partial charge in [-0.1, -0.05) is 0 Å². The van der Waals surface area contributed by atoms with Crippen LogP contribution in [-0.2, 0) is 20.1 Å². The number of nitrogens with zero attached hydrogens (tertiary/aromatic N) is 5. The summed E-state index contributed by atoms with van der Waals surface area (Å²) in [5.41, 5.74) is 0. The van der Waals surface area contributed by atoms with Gasteiger partial charge in [0.05, 0.1) is 12.7 Å². The zero-order valence-electron chi connectivity index (χ0n) is 10.4. The Bertz CT molecular complexity index is 515. The normalized spacial score (nSPS) is 18.4. The van der Waals surface area contributed by atoms with E-state index < -0.39 is 0 Å². The average Bonchev–Trinajstić information content (AvgIpc) is 2.98. The third-order valence-corrected chi connectivity index (χ3v) is 3.24. The Labute approximate surface area is 105 Å². The minimum absolute atomic E-state index is 0.547. The van der Waals surface area contributed by atoms with Crippen LogP contribution in [0.3, 0.4) is 0 Å². The Morgan fingerprint density at radius 1 is 1.56 bits per heavy atom. The second-order valence-corrected chi connectivity index (χ2v) is 4.63. The maximum Gasteiger partial charge on any atom is 0.146 e. The lowest BCUT2D eigenvalue weighted by molar-refractivity contribution is 0.389. The maximum absolute atomic E-state index is 4.28. The quantitative estimate of drug-likeness (QED) is 0.785. The summed E-state index contributed by atoms with van der Waals surface area (Å²) < 4.78 is 3.94. The standard InChI is InChI=1S/C11H17N7/c1-17-8-14-16-11(17)6-12-4-9-5-13-10-2-3-15-18(10)7-9/h2-3,8-9,12-13H,4-7H2,1H3/t9-/m1/s1. The molecule has 0 saturated heterocycles. The molecule has 7 nitrogen and oxygen atoms in total. The molecule has 7 heteroatoms. The second kappa shape index (κ2) is 4.77. The van der Waals surface area contributed by atoms with Gasteiger partial charge in [0, 0.05) is 38.7 Å². The van der Waals surface area contributed by atoms with Gasteiger partial charge in [0.15, 0.2) is 0 Å². The van der Waals surface area contributed by atoms with Crippen molar-refractivity contribution >= 4 is 5.82 Å². The van der Waals surface area contributed by atoms with E-state index in [0.717, 1.165) is 37.8 Å². The summed E-state index contributed by atoms with van der Waals surface area (Å²) in [5, 5.41) is 19.0. The van der Waals surface area contributed by atoms with Gasteiger partial charge in [0.2, 0.25) is 0 Å². The van der Waals surface area contributed by atoms with Crippen LogP contribution in [-0.4, -0.2) is 37.6 Å². The Hall–Kier alpha value is -1.89. The van der Waals surface area contributed by atoms with Crippen molar-refractivity contribution < 1.29 is 0 Å². The molecule has 0 aliphatic carbocycles. The first-order chi connectivity index (χ1) is 8.83. The molecular weight excluding hydrogens is 230 g/mol. The molecule has 1 atom stereocenters. The number of hydrogen-bond acceptors (Lipinski definition) is 5. The molecule has 1 aliphatic heterocycles. The Kier molecular flexibility index (Phi) is 2.97. The average molecular weight is 247 g/mol. The third kappa shape index (κ3) is 2.21. The second-order valence-electron chi connectivity index (χ2n) is 4.63. The lowest BCUT2D eigenvalue weighted by Gasteiger charge is -2.25. The van der Waals surface area contributed by atoms with Crippen LogP contribution >= 0.6 is 0 Å². The minimum atomic E-state index is 0.547. The summed E-state index contributed by atoms with van der Waals surface area (Å²) in [5.74, 6) is 2.61. The molecule has 1 aliphatic rings. The van der Waals surface area contributed by atoms with Crippen LogP contribution in [0.5, 0.6) is 0 Å². The summed E-state index contributed by atoms with van der Waals surface area (Å²) in [6.45, 7) is 3.64. The van der Waals surface area contributed by atoms with Crippen LogP contribution in [0.25, 0.3) is 0 Å². The zero-order valence-corrected chi connectivity index (χ0v) is 10.4. The van der Waals surface area contributed by atoms with E-state index >= 15 is 0 Å². The molecule has 0 radical (unpaired) electrons. The van der Waals surface area contributed by atoms with Crippen LogP contribution in [0.2, 0.25) is 0 Å². The fourth-order valence-corrected chi connectivity index (χ4v) is 2.18. The number of anilines is 1. The number of fused-ring (bicyclic) bond motifs is 1. The fraction of sp³-hybridized carbons (Fsp3) is 0.545. The molecule has 2 aromatic rings. The largest absolute Gasteiger partial charge is 0.370 e. The van der Waals surface area contributed by atoms with Crippen molar-refractivity contribution in [3.63, 3.8) is 0 Å². The van der Waals surface area contributed by atoms with Crippen LogP contribution in [0.4, 0.5) is 5.82 Å². The Balaban J connectivity index is 1.49. The molecule has 0 aromatic carbocycles. The molecule has 0 unspecified atom stereocenters. The van der Waals surface area contributed by atoms with E-state index in [9.17, 15) is 0 Å². The molecule has 3 heterocycles. The van der Waals surface area contributed by atoms with E-state index in [1.54, 1.807) is 6.33 Å². The van der Waals surface area contributed by atoms with E-state index in [1.807, 2.05) is 28.6 Å². The molecule has 2 aromatic heterocycles. The molecule has 0 amide bonds. The lowest BCUT2D eigenvalue weighted by atomic mass is 10.1. The maximum atomic E-state index is 4.28. The van der Waals surface area contributed by atoms with Crippen molar-refractivity contribution in [1.29, 1.82) is 0 Å². The van der Waals surface area contributed by atoms with Gasteiger partial charge in [-0.25, -0.2) is 4.68 Å². The van der Waals surface area contributed by atoms with Gasteiger partial charge >= 0.3 is 0 Å². The molecule has 0 fully saturated rings. The lowest BCUT2D eigenvalue weighted by Crippen LogP contribution is -2.35. The number of rotatable bonds is 4. The van der Waals surface area contributed by atoms with Crippen molar-refractivity contribution in [3.05, 3.63) is 24.4 Å². The van der Waals surface area contributed by atoms with E-state index in [0.29, 0.717) is 5.92 Å². The predicted octanol–water partition coefficient (Wildman–Crippen LogP) is -0.157. The van der Waals surface area contributed by atoms with Crippen LogP contribution in [0, 0.1) is 5.92 Å². The van der Waals surface area contributed by atoms with Crippen LogP contribution in [0.1, 0.15) is 5.82 Å². The van der Waals surface area contributed by atoms with Gasteiger partial charge in [0.25, 0.3) is 0 Å². The number of aryl methyl sites for hydroxylation is 1. The first-order valence-corrected chi connectivity index (χ1v) is 6.12. The molecule has 0 bridgehead atoms. The monoisotopic (exact) mass is 247 g/mol.